The summed E-state index contributed by atoms with van der Waals surface area (Å²) in [4.78, 5) is 35.4. The van der Waals surface area contributed by atoms with Gasteiger partial charge < -0.3 is 10.0 Å². The molecule has 0 unspecified atom stereocenters. The minimum atomic E-state index is -1.05. The van der Waals surface area contributed by atoms with Crippen LogP contribution in [0.4, 0.5) is 0 Å². The van der Waals surface area contributed by atoms with Gasteiger partial charge in [0.2, 0.25) is 0 Å². The highest BCUT2D eigenvalue weighted by Gasteiger charge is 2.18. The molecule has 0 radical (unpaired) electrons. The van der Waals surface area contributed by atoms with Crippen LogP contribution < -0.4 is 5.69 Å². The zero-order valence-electron chi connectivity index (χ0n) is 15.6. The third kappa shape index (κ3) is 3.68. The molecule has 0 atom stereocenters. The number of hydrogen-bond acceptors (Lipinski definition) is 5. The number of hydrogen-bond donors (Lipinski definition) is 1. The number of imidazole rings is 1. The predicted molar refractivity (Wildman–Crippen MR) is 105 cm³/mol. The van der Waals surface area contributed by atoms with Crippen LogP contribution in [0, 0.1) is 0 Å². The van der Waals surface area contributed by atoms with Crippen LogP contribution in [0.15, 0.2) is 41.5 Å². The lowest BCUT2D eigenvalue weighted by Crippen LogP contribution is -2.30. The molecule has 28 heavy (non-hydrogen) atoms. The van der Waals surface area contributed by atoms with E-state index in [0.29, 0.717) is 30.7 Å². The third-order valence-electron chi connectivity index (χ3n) is 5.26. The van der Waals surface area contributed by atoms with E-state index >= 15 is 0 Å². The molecule has 1 aliphatic rings. The number of fused-ring (bicyclic) bond motifs is 1. The minimum Gasteiger partial charge on any atom is -0.478 e. The van der Waals surface area contributed by atoms with Crippen LogP contribution in [0.3, 0.4) is 0 Å². The Bertz CT molecular complexity index is 1040. The lowest BCUT2D eigenvalue weighted by molar-refractivity contribution is 0.0696. The SMILES string of the molecule is O=C(O)c1cnc2c(c1)n(CCN1CCCC1)c(=O)n2CCc1ccccn1. The average molecular weight is 381 g/mol. The Balaban J connectivity index is 1.68. The van der Waals surface area contributed by atoms with Gasteiger partial charge in [-0.05, 0) is 44.1 Å². The number of aromatic nitrogens is 4. The molecular weight excluding hydrogens is 358 g/mol. The molecule has 3 aromatic rings. The van der Waals surface area contributed by atoms with Gasteiger partial charge in [-0.3, -0.25) is 14.1 Å². The maximum atomic E-state index is 13.1. The molecule has 4 rings (SSSR count). The molecule has 4 heterocycles. The Labute approximate surface area is 162 Å². The Kier molecular flexibility index (Phi) is 5.21. The van der Waals surface area contributed by atoms with E-state index in [0.717, 1.165) is 25.3 Å². The van der Waals surface area contributed by atoms with Crippen LogP contribution in [0.25, 0.3) is 11.2 Å². The van der Waals surface area contributed by atoms with Gasteiger partial charge in [0, 0.05) is 44.1 Å². The lowest BCUT2D eigenvalue weighted by atomic mass is 10.2. The predicted octanol–water partition coefficient (Wildman–Crippen LogP) is 1.63. The molecular formula is C20H23N5O3. The number of likely N-dealkylation sites (tertiary alicyclic amines) is 1. The van der Waals surface area contributed by atoms with Crippen LogP contribution >= 0.6 is 0 Å². The van der Waals surface area contributed by atoms with Crippen molar-refractivity contribution in [3.05, 3.63) is 58.4 Å². The van der Waals surface area contributed by atoms with E-state index in [1.165, 1.54) is 19.0 Å². The molecule has 0 saturated carbocycles. The maximum Gasteiger partial charge on any atom is 0.337 e. The van der Waals surface area contributed by atoms with Crippen molar-refractivity contribution in [2.75, 3.05) is 19.6 Å². The van der Waals surface area contributed by atoms with Gasteiger partial charge in [-0.1, -0.05) is 6.07 Å². The topological polar surface area (TPSA) is 93.3 Å². The van der Waals surface area contributed by atoms with Gasteiger partial charge in [-0.15, -0.1) is 0 Å². The molecule has 1 aliphatic heterocycles. The van der Waals surface area contributed by atoms with Crippen molar-refractivity contribution in [2.24, 2.45) is 0 Å². The van der Waals surface area contributed by atoms with Crippen molar-refractivity contribution in [1.29, 1.82) is 0 Å². The molecule has 146 valence electrons. The fourth-order valence-corrected chi connectivity index (χ4v) is 3.75. The summed E-state index contributed by atoms with van der Waals surface area (Å²) in [5, 5.41) is 9.32. The average Bonchev–Trinajstić information content (AvgIpc) is 3.31. The van der Waals surface area contributed by atoms with E-state index in [1.54, 1.807) is 21.4 Å². The normalized spacial score (nSPS) is 14.7. The second kappa shape index (κ2) is 7.93. The van der Waals surface area contributed by atoms with Gasteiger partial charge in [0.1, 0.15) is 0 Å². The van der Waals surface area contributed by atoms with Crippen LogP contribution in [0.5, 0.6) is 0 Å². The third-order valence-corrected chi connectivity index (χ3v) is 5.26. The number of pyridine rings is 2. The molecule has 0 aliphatic carbocycles. The first-order valence-electron chi connectivity index (χ1n) is 9.58. The van der Waals surface area contributed by atoms with Gasteiger partial charge in [-0.25, -0.2) is 14.6 Å². The van der Waals surface area contributed by atoms with Crippen molar-refractivity contribution in [3.63, 3.8) is 0 Å². The van der Waals surface area contributed by atoms with Gasteiger partial charge in [0.15, 0.2) is 5.65 Å². The van der Waals surface area contributed by atoms with Gasteiger partial charge in [-0.2, -0.15) is 0 Å². The highest BCUT2D eigenvalue weighted by atomic mass is 16.4. The summed E-state index contributed by atoms with van der Waals surface area (Å²) in [6, 6.07) is 7.25. The Morgan fingerprint density at radius 1 is 1.07 bits per heavy atom. The number of aryl methyl sites for hydroxylation is 2. The van der Waals surface area contributed by atoms with Crippen LogP contribution in [0.2, 0.25) is 0 Å². The quantitative estimate of drug-likeness (QED) is 0.669. The molecule has 1 fully saturated rings. The van der Waals surface area contributed by atoms with E-state index in [4.69, 9.17) is 0 Å². The van der Waals surface area contributed by atoms with Crippen LogP contribution in [-0.2, 0) is 19.5 Å². The number of nitrogens with zero attached hydrogens (tertiary/aromatic N) is 5. The fourth-order valence-electron chi connectivity index (χ4n) is 3.75. The molecule has 1 N–H and O–H groups in total. The number of aromatic carboxylic acids is 1. The molecule has 0 bridgehead atoms. The summed E-state index contributed by atoms with van der Waals surface area (Å²) < 4.78 is 3.28. The molecule has 8 nitrogen and oxygen atoms in total. The monoisotopic (exact) mass is 381 g/mol. The lowest BCUT2D eigenvalue weighted by Gasteiger charge is -2.14. The molecule has 0 aromatic carbocycles. The summed E-state index contributed by atoms with van der Waals surface area (Å²) >= 11 is 0. The second-order valence-electron chi connectivity index (χ2n) is 7.08. The van der Waals surface area contributed by atoms with Gasteiger partial charge >= 0.3 is 11.7 Å². The van der Waals surface area contributed by atoms with Crippen molar-refractivity contribution in [3.8, 4) is 0 Å². The highest BCUT2D eigenvalue weighted by molar-refractivity contribution is 5.90. The zero-order chi connectivity index (χ0) is 19.5. The summed E-state index contributed by atoms with van der Waals surface area (Å²) in [5.74, 6) is -1.05. The summed E-state index contributed by atoms with van der Waals surface area (Å²) in [7, 11) is 0. The number of rotatable bonds is 7. The fraction of sp³-hybridized carbons (Fsp3) is 0.400. The largest absolute Gasteiger partial charge is 0.478 e. The van der Waals surface area contributed by atoms with Crippen LogP contribution in [0.1, 0.15) is 28.9 Å². The van der Waals surface area contributed by atoms with Crippen LogP contribution in [-0.4, -0.2) is 54.7 Å². The number of carbonyl (C=O) groups is 1. The Hall–Kier alpha value is -3.00. The minimum absolute atomic E-state index is 0.0873. The summed E-state index contributed by atoms with van der Waals surface area (Å²) in [6.45, 7) is 3.84. The first kappa shape index (κ1) is 18.4. The van der Waals surface area contributed by atoms with Crippen molar-refractivity contribution >= 4 is 17.1 Å². The van der Waals surface area contributed by atoms with Gasteiger partial charge in [0.25, 0.3) is 0 Å². The van der Waals surface area contributed by atoms with E-state index in [-0.39, 0.29) is 11.3 Å². The van der Waals surface area contributed by atoms with E-state index < -0.39 is 5.97 Å². The van der Waals surface area contributed by atoms with E-state index in [1.807, 2.05) is 18.2 Å². The van der Waals surface area contributed by atoms with Crippen molar-refractivity contribution in [1.82, 2.24) is 24.0 Å². The molecule has 0 spiro atoms. The molecule has 3 aromatic heterocycles. The number of carboxylic acid groups (broad SMARTS) is 1. The standard InChI is InChI=1S/C20H23N5O3/c26-19(27)15-13-17-18(22-14-15)25(10-6-16-5-1-2-7-21-16)20(28)24(17)12-11-23-8-3-4-9-23/h1-2,5,7,13-14H,3-4,6,8-12H2,(H,26,27). The van der Waals surface area contributed by atoms with Crippen molar-refractivity contribution < 1.29 is 9.90 Å². The smallest absolute Gasteiger partial charge is 0.337 e. The summed E-state index contributed by atoms with van der Waals surface area (Å²) in [6.07, 6.45) is 6.02. The maximum absolute atomic E-state index is 13.1. The number of carboxylic acids is 1. The second-order valence-corrected chi connectivity index (χ2v) is 7.08. The van der Waals surface area contributed by atoms with E-state index in [2.05, 4.69) is 14.9 Å². The summed E-state index contributed by atoms with van der Waals surface area (Å²) in [5.41, 5.74) is 1.93. The molecule has 1 saturated heterocycles. The molecule has 8 heteroatoms. The first-order valence-corrected chi connectivity index (χ1v) is 9.58. The van der Waals surface area contributed by atoms with Gasteiger partial charge in [0.05, 0.1) is 11.1 Å². The molecule has 0 amide bonds. The first-order chi connectivity index (χ1) is 13.6. The zero-order valence-corrected chi connectivity index (χ0v) is 15.6. The van der Waals surface area contributed by atoms with E-state index in [9.17, 15) is 14.7 Å². The Morgan fingerprint density at radius 2 is 1.89 bits per heavy atom. The Morgan fingerprint density at radius 3 is 2.61 bits per heavy atom. The van der Waals surface area contributed by atoms with Crippen molar-refractivity contribution in [2.45, 2.75) is 32.4 Å². The highest BCUT2D eigenvalue weighted by Crippen LogP contribution is 2.15.